The van der Waals surface area contributed by atoms with Crippen LogP contribution in [0.25, 0.3) is 0 Å². The van der Waals surface area contributed by atoms with E-state index >= 15 is 0 Å². The number of carbonyl (C=O) groups is 3. The largest absolute Gasteiger partial charge is 0.366 e. The Balaban J connectivity index is 1.24. The lowest BCUT2D eigenvalue weighted by Gasteiger charge is -2.35. The van der Waals surface area contributed by atoms with Gasteiger partial charge in [0.05, 0.1) is 24.2 Å². The summed E-state index contributed by atoms with van der Waals surface area (Å²) in [5.41, 5.74) is 12.7. The van der Waals surface area contributed by atoms with Gasteiger partial charge < -0.3 is 21.3 Å². The van der Waals surface area contributed by atoms with Crippen molar-refractivity contribution in [3.63, 3.8) is 0 Å². The molecule has 3 saturated heterocycles. The van der Waals surface area contributed by atoms with E-state index in [4.69, 9.17) is 11.5 Å². The number of amides is 3. The number of piperazine rings is 1. The highest BCUT2D eigenvalue weighted by Gasteiger charge is 2.55. The number of hydrogen-bond donors (Lipinski definition) is 2. The van der Waals surface area contributed by atoms with Gasteiger partial charge in [0.2, 0.25) is 17.7 Å². The maximum atomic E-state index is 13.0. The van der Waals surface area contributed by atoms with E-state index in [-0.39, 0.29) is 36.0 Å². The van der Waals surface area contributed by atoms with Crippen LogP contribution in [0.4, 0.5) is 5.69 Å². The second kappa shape index (κ2) is 6.79. The number of benzene rings is 1. The predicted octanol–water partition coefficient (Wildman–Crippen LogP) is -0.585. The van der Waals surface area contributed by atoms with Crippen LogP contribution < -0.4 is 16.4 Å². The molecule has 3 heterocycles. The van der Waals surface area contributed by atoms with Gasteiger partial charge in [-0.2, -0.15) is 5.26 Å². The molecule has 1 aromatic rings. The second-order valence-electron chi connectivity index (χ2n) is 8.77. The van der Waals surface area contributed by atoms with E-state index in [2.05, 4.69) is 6.07 Å². The van der Waals surface area contributed by atoms with Crippen molar-refractivity contribution in [1.29, 1.82) is 5.26 Å². The fraction of sp³-hybridized carbons (Fsp3) is 0.524. The average Bonchev–Trinajstić information content (AvgIpc) is 3.07. The van der Waals surface area contributed by atoms with Crippen LogP contribution in [0.3, 0.4) is 0 Å². The molecular weight excluding hydrogens is 384 g/mol. The number of likely N-dealkylation sites (tertiary alicyclic amines) is 2. The fourth-order valence-corrected chi connectivity index (χ4v) is 5.40. The number of nitrogens with zero attached hydrogens (tertiary/aromatic N) is 4. The Bertz CT molecular complexity index is 956. The SMILES string of the molecule is N#C[C@@H]1C[C@@H]2C[C@@H]2N1C(=O)[C@@H](N)CN1CC2C[C@@H]1C(=O)N2c1ccc(C(N)=O)cc1. The number of primary amides is 1. The minimum absolute atomic E-state index is 0.00989. The molecule has 6 atom stereocenters. The van der Waals surface area contributed by atoms with Crippen molar-refractivity contribution in [3.8, 4) is 6.07 Å². The third kappa shape index (κ3) is 2.87. The molecule has 0 aromatic heterocycles. The van der Waals surface area contributed by atoms with Crippen LogP contribution >= 0.6 is 0 Å². The van der Waals surface area contributed by atoms with Gasteiger partial charge in [0.15, 0.2) is 0 Å². The van der Waals surface area contributed by atoms with Crippen molar-refractivity contribution < 1.29 is 14.4 Å². The lowest BCUT2D eigenvalue weighted by Crippen LogP contribution is -2.57. The van der Waals surface area contributed by atoms with Gasteiger partial charge >= 0.3 is 0 Å². The highest BCUT2D eigenvalue weighted by molar-refractivity contribution is 6.02. The molecule has 1 unspecified atom stereocenters. The number of piperidine rings is 1. The zero-order chi connectivity index (χ0) is 21.2. The van der Waals surface area contributed by atoms with E-state index in [0.29, 0.717) is 31.0 Å². The molecule has 0 spiro atoms. The summed E-state index contributed by atoms with van der Waals surface area (Å²) in [4.78, 5) is 42.6. The number of rotatable bonds is 5. The van der Waals surface area contributed by atoms with Gasteiger partial charge in [-0.1, -0.05) is 0 Å². The van der Waals surface area contributed by atoms with E-state index in [0.717, 1.165) is 18.5 Å². The molecule has 156 valence electrons. The summed E-state index contributed by atoms with van der Waals surface area (Å²) in [6.07, 6.45) is 2.40. The quantitative estimate of drug-likeness (QED) is 0.668. The van der Waals surface area contributed by atoms with E-state index in [1.807, 2.05) is 4.90 Å². The second-order valence-corrected chi connectivity index (χ2v) is 8.77. The molecule has 4 fully saturated rings. The Morgan fingerprint density at radius 2 is 1.93 bits per heavy atom. The molecule has 5 rings (SSSR count). The third-order valence-electron chi connectivity index (χ3n) is 6.96. The lowest BCUT2D eigenvalue weighted by atomic mass is 10.1. The van der Waals surface area contributed by atoms with Crippen LogP contribution in [0.15, 0.2) is 24.3 Å². The van der Waals surface area contributed by atoms with Crippen molar-refractivity contribution in [2.75, 3.05) is 18.0 Å². The van der Waals surface area contributed by atoms with E-state index < -0.39 is 11.9 Å². The molecule has 1 saturated carbocycles. The number of nitrogens with two attached hydrogens (primary N) is 2. The summed E-state index contributed by atoms with van der Waals surface area (Å²) in [5, 5.41) is 9.32. The molecule has 2 bridgehead atoms. The first-order chi connectivity index (χ1) is 14.4. The van der Waals surface area contributed by atoms with Crippen molar-refractivity contribution in [2.45, 2.75) is 49.5 Å². The van der Waals surface area contributed by atoms with Gasteiger partial charge in [-0.3, -0.25) is 19.3 Å². The first-order valence-electron chi connectivity index (χ1n) is 10.3. The average molecular weight is 408 g/mol. The normalized spacial score (nSPS) is 32.8. The standard InChI is InChI=1S/C21H24N6O3/c22-8-14-5-12-6-17(12)27(14)20(29)16(23)10-25-9-15-7-18(25)21(30)26(15)13-3-1-11(2-4-13)19(24)28/h1-4,12,14-18H,5-7,9-10,23H2,(H2,24,28)/t12-,14+,15?,16+,17+,18-/m1/s1. The zero-order valence-electron chi connectivity index (χ0n) is 16.5. The maximum Gasteiger partial charge on any atom is 0.248 e. The van der Waals surface area contributed by atoms with Gasteiger partial charge in [0, 0.05) is 30.4 Å². The Morgan fingerprint density at radius 1 is 1.20 bits per heavy atom. The van der Waals surface area contributed by atoms with Crippen LogP contribution in [0.1, 0.15) is 29.6 Å². The molecule has 0 radical (unpaired) electrons. The monoisotopic (exact) mass is 408 g/mol. The van der Waals surface area contributed by atoms with Crippen LogP contribution in [-0.4, -0.2) is 70.8 Å². The van der Waals surface area contributed by atoms with Crippen LogP contribution in [0, 0.1) is 17.2 Å². The van der Waals surface area contributed by atoms with Gasteiger partial charge in [-0.05, 0) is 49.4 Å². The molecular formula is C21H24N6O3. The number of carbonyl (C=O) groups excluding carboxylic acids is 3. The van der Waals surface area contributed by atoms with Crippen molar-refractivity contribution >= 4 is 23.4 Å². The number of anilines is 1. The summed E-state index contributed by atoms with van der Waals surface area (Å²) in [6, 6.07) is 7.70. The molecule has 9 heteroatoms. The number of fused-ring (bicyclic) bond motifs is 3. The van der Waals surface area contributed by atoms with Gasteiger partial charge in [-0.25, -0.2) is 0 Å². The van der Waals surface area contributed by atoms with Gasteiger partial charge in [0.1, 0.15) is 6.04 Å². The summed E-state index contributed by atoms with van der Waals surface area (Å²) < 4.78 is 0. The van der Waals surface area contributed by atoms with Crippen LogP contribution in [0.2, 0.25) is 0 Å². The van der Waals surface area contributed by atoms with Crippen molar-refractivity contribution in [2.24, 2.45) is 17.4 Å². The highest BCUT2D eigenvalue weighted by Crippen LogP contribution is 2.47. The molecule has 4 aliphatic rings. The first-order valence-corrected chi connectivity index (χ1v) is 10.3. The van der Waals surface area contributed by atoms with E-state index in [1.165, 1.54) is 0 Å². The Kier molecular flexibility index (Phi) is 4.31. The van der Waals surface area contributed by atoms with Crippen LogP contribution in [-0.2, 0) is 9.59 Å². The first kappa shape index (κ1) is 19.0. The molecule has 3 aliphatic heterocycles. The summed E-state index contributed by atoms with van der Waals surface area (Å²) >= 11 is 0. The lowest BCUT2D eigenvalue weighted by molar-refractivity contribution is -0.135. The predicted molar refractivity (Wildman–Crippen MR) is 107 cm³/mol. The van der Waals surface area contributed by atoms with E-state index in [1.54, 1.807) is 34.1 Å². The molecule has 4 N–H and O–H groups in total. The molecule has 1 aromatic carbocycles. The van der Waals surface area contributed by atoms with E-state index in [9.17, 15) is 19.6 Å². The number of nitriles is 1. The Hall–Kier alpha value is -2.96. The molecule has 9 nitrogen and oxygen atoms in total. The molecule has 30 heavy (non-hydrogen) atoms. The summed E-state index contributed by atoms with van der Waals surface area (Å²) in [7, 11) is 0. The highest BCUT2D eigenvalue weighted by atomic mass is 16.2. The van der Waals surface area contributed by atoms with Crippen molar-refractivity contribution in [3.05, 3.63) is 29.8 Å². The summed E-state index contributed by atoms with van der Waals surface area (Å²) in [5.74, 6) is -0.254. The number of hydrogen-bond acceptors (Lipinski definition) is 6. The minimum Gasteiger partial charge on any atom is -0.366 e. The van der Waals surface area contributed by atoms with Gasteiger partial charge in [0.25, 0.3) is 0 Å². The fourth-order valence-electron chi connectivity index (χ4n) is 5.40. The molecule has 1 aliphatic carbocycles. The Morgan fingerprint density at radius 3 is 2.57 bits per heavy atom. The van der Waals surface area contributed by atoms with Gasteiger partial charge in [-0.15, -0.1) is 0 Å². The third-order valence-corrected chi connectivity index (χ3v) is 6.96. The van der Waals surface area contributed by atoms with Crippen molar-refractivity contribution in [1.82, 2.24) is 9.80 Å². The molecule has 3 amide bonds. The topological polar surface area (TPSA) is 137 Å². The maximum absolute atomic E-state index is 13.0. The Labute approximate surface area is 174 Å². The minimum atomic E-state index is -0.740. The smallest absolute Gasteiger partial charge is 0.248 e. The van der Waals surface area contributed by atoms with Crippen LogP contribution in [0.5, 0.6) is 0 Å². The zero-order valence-corrected chi connectivity index (χ0v) is 16.5. The summed E-state index contributed by atoms with van der Waals surface area (Å²) in [6.45, 7) is 0.953.